The molecule has 0 heterocycles. The number of carbonyl (C=O) groups is 1. The van der Waals surface area contributed by atoms with Gasteiger partial charge < -0.3 is 14.8 Å². The van der Waals surface area contributed by atoms with E-state index in [1.165, 1.54) is 12.1 Å². The Hall–Kier alpha value is -2.56. The van der Waals surface area contributed by atoms with E-state index >= 15 is 0 Å². The molecule has 2 aromatic rings. The Morgan fingerprint density at radius 3 is 2.24 bits per heavy atom. The van der Waals surface area contributed by atoms with Gasteiger partial charge in [-0.15, -0.1) is 0 Å². The van der Waals surface area contributed by atoms with E-state index in [2.05, 4.69) is 5.32 Å². The van der Waals surface area contributed by atoms with Gasteiger partial charge in [0.05, 0.1) is 13.2 Å². The van der Waals surface area contributed by atoms with Crippen molar-refractivity contribution < 1.29 is 18.7 Å². The number of amides is 1. The van der Waals surface area contributed by atoms with E-state index < -0.39 is 0 Å². The molecule has 5 heteroatoms. The van der Waals surface area contributed by atoms with Crippen LogP contribution in [0.25, 0.3) is 0 Å². The van der Waals surface area contributed by atoms with E-state index in [0.717, 1.165) is 18.4 Å². The van der Waals surface area contributed by atoms with Crippen LogP contribution in [0.3, 0.4) is 0 Å². The third kappa shape index (κ3) is 5.78. The summed E-state index contributed by atoms with van der Waals surface area (Å²) in [5.41, 5.74) is 1.33. The number of carbonyl (C=O) groups excluding carboxylic acids is 1. The minimum atomic E-state index is -0.296. The second-order valence-corrected chi connectivity index (χ2v) is 5.67. The second-order valence-electron chi connectivity index (χ2n) is 5.67. The van der Waals surface area contributed by atoms with Crippen molar-refractivity contribution >= 4 is 5.91 Å². The van der Waals surface area contributed by atoms with Gasteiger partial charge in [-0.25, -0.2) is 4.39 Å². The molecule has 4 nitrogen and oxygen atoms in total. The topological polar surface area (TPSA) is 47.6 Å². The molecule has 0 atom stereocenters. The molecule has 134 valence electrons. The van der Waals surface area contributed by atoms with Crippen molar-refractivity contribution in [2.24, 2.45) is 0 Å². The average molecular weight is 345 g/mol. The predicted molar refractivity (Wildman–Crippen MR) is 95.6 cm³/mol. The van der Waals surface area contributed by atoms with Crippen LogP contribution >= 0.6 is 0 Å². The molecule has 0 unspecified atom stereocenters. The molecule has 1 amide bonds. The summed E-state index contributed by atoms with van der Waals surface area (Å²) in [5.74, 6) is 0.707. The van der Waals surface area contributed by atoms with Crippen molar-refractivity contribution in [1.29, 1.82) is 0 Å². The summed E-state index contributed by atoms with van der Waals surface area (Å²) < 4.78 is 24.3. The Labute approximate surface area is 148 Å². The molecule has 25 heavy (non-hydrogen) atoms. The second kappa shape index (κ2) is 9.67. The van der Waals surface area contributed by atoms with Gasteiger partial charge in [0.25, 0.3) is 5.91 Å². The monoisotopic (exact) mass is 345 g/mol. The number of hydrogen-bond acceptors (Lipinski definition) is 3. The van der Waals surface area contributed by atoms with Crippen molar-refractivity contribution in [3.8, 4) is 11.5 Å². The quantitative estimate of drug-likeness (QED) is 0.736. The van der Waals surface area contributed by atoms with Gasteiger partial charge >= 0.3 is 0 Å². The molecule has 0 aliphatic heterocycles. The number of halogens is 1. The fourth-order valence-corrected chi connectivity index (χ4v) is 2.19. The van der Waals surface area contributed by atoms with Gasteiger partial charge in [-0.2, -0.15) is 0 Å². The van der Waals surface area contributed by atoms with Crippen molar-refractivity contribution in [3.63, 3.8) is 0 Å². The lowest BCUT2D eigenvalue weighted by atomic mass is 10.1. The maximum absolute atomic E-state index is 12.9. The number of nitrogens with one attached hydrogen (secondary N) is 1. The molecule has 0 saturated heterocycles. The molecule has 0 aromatic heterocycles. The van der Waals surface area contributed by atoms with E-state index in [4.69, 9.17) is 9.47 Å². The van der Waals surface area contributed by atoms with Crippen LogP contribution in [0, 0.1) is 5.82 Å². The van der Waals surface area contributed by atoms with Crippen LogP contribution < -0.4 is 14.8 Å². The van der Waals surface area contributed by atoms with Crippen molar-refractivity contribution in [1.82, 2.24) is 5.32 Å². The SMILES string of the molecule is CCCOc1ccc(C(=O)NCc2ccc(F)cc2)cc1OCCC. The Balaban J connectivity index is 2.05. The predicted octanol–water partition coefficient (Wildman–Crippen LogP) is 4.33. The molecule has 0 radical (unpaired) electrons. The van der Waals surface area contributed by atoms with Crippen LogP contribution in [0.2, 0.25) is 0 Å². The number of benzene rings is 2. The van der Waals surface area contributed by atoms with E-state index in [-0.39, 0.29) is 11.7 Å². The minimum absolute atomic E-state index is 0.215. The van der Waals surface area contributed by atoms with Crippen LogP contribution in [0.5, 0.6) is 11.5 Å². The Bertz CT molecular complexity index is 686. The van der Waals surface area contributed by atoms with E-state index in [0.29, 0.717) is 36.8 Å². The summed E-state index contributed by atoms with van der Waals surface area (Å²) in [7, 11) is 0. The molecular formula is C20H24FNO3. The molecule has 2 aromatic carbocycles. The number of hydrogen-bond donors (Lipinski definition) is 1. The molecule has 0 aliphatic carbocycles. The first-order valence-electron chi connectivity index (χ1n) is 8.56. The summed E-state index contributed by atoms with van der Waals surface area (Å²) in [5, 5.41) is 2.82. The summed E-state index contributed by atoms with van der Waals surface area (Å²) in [6, 6.07) is 11.2. The normalized spacial score (nSPS) is 10.4. The van der Waals surface area contributed by atoms with Gasteiger partial charge in [0.15, 0.2) is 11.5 Å². The van der Waals surface area contributed by atoms with Crippen LogP contribution in [0.4, 0.5) is 4.39 Å². The van der Waals surface area contributed by atoms with E-state index in [1.54, 1.807) is 30.3 Å². The van der Waals surface area contributed by atoms with Crippen LogP contribution in [0.15, 0.2) is 42.5 Å². The zero-order chi connectivity index (χ0) is 18.1. The van der Waals surface area contributed by atoms with Gasteiger partial charge in [-0.05, 0) is 48.7 Å². The fourth-order valence-electron chi connectivity index (χ4n) is 2.19. The summed E-state index contributed by atoms with van der Waals surface area (Å²) >= 11 is 0. The van der Waals surface area contributed by atoms with Gasteiger partial charge in [0.2, 0.25) is 0 Å². The molecule has 0 fully saturated rings. The maximum atomic E-state index is 12.9. The Morgan fingerprint density at radius 1 is 0.960 bits per heavy atom. The lowest BCUT2D eigenvalue weighted by Crippen LogP contribution is -2.22. The fraction of sp³-hybridized carbons (Fsp3) is 0.350. The van der Waals surface area contributed by atoms with Crippen LogP contribution in [-0.4, -0.2) is 19.1 Å². The van der Waals surface area contributed by atoms with Crippen LogP contribution in [0.1, 0.15) is 42.6 Å². The third-order valence-electron chi connectivity index (χ3n) is 3.50. The summed E-state index contributed by atoms with van der Waals surface area (Å²) in [6.45, 7) is 5.54. The highest BCUT2D eigenvalue weighted by Crippen LogP contribution is 2.29. The highest BCUT2D eigenvalue weighted by Gasteiger charge is 2.12. The zero-order valence-corrected chi connectivity index (χ0v) is 14.7. The standard InChI is InChI=1S/C20H24FNO3/c1-3-11-24-18-10-7-16(13-19(18)25-12-4-2)20(23)22-14-15-5-8-17(21)9-6-15/h5-10,13H,3-4,11-12,14H2,1-2H3,(H,22,23). The first-order chi connectivity index (χ1) is 12.1. The van der Waals surface area contributed by atoms with Gasteiger partial charge in [-0.1, -0.05) is 26.0 Å². The zero-order valence-electron chi connectivity index (χ0n) is 14.7. The molecular weight excluding hydrogens is 321 g/mol. The largest absolute Gasteiger partial charge is 0.490 e. The van der Waals surface area contributed by atoms with Crippen molar-refractivity contribution in [3.05, 3.63) is 59.4 Å². The highest BCUT2D eigenvalue weighted by molar-refractivity contribution is 5.94. The van der Waals surface area contributed by atoms with Crippen molar-refractivity contribution in [2.45, 2.75) is 33.2 Å². The minimum Gasteiger partial charge on any atom is -0.490 e. The Kier molecular flexibility index (Phi) is 7.26. The van der Waals surface area contributed by atoms with Crippen molar-refractivity contribution in [2.75, 3.05) is 13.2 Å². The molecule has 0 saturated carbocycles. The summed E-state index contributed by atoms with van der Waals surface area (Å²) in [6.07, 6.45) is 1.77. The van der Waals surface area contributed by atoms with Gasteiger partial charge in [0, 0.05) is 12.1 Å². The van der Waals surface area contributed by atoms with Gasteiger partial charge in [0.1, 0.15) is 5.82 Å². The van der Waals surface area contributed by atoms with Crippen LogP contribution in [-0.2, 0) is 6.54 Å². The van der Waals surface area contributed by atoms with E-state index in [9.17, 15) is 9.18 Å². The molecule has 0 bridgehead atoms. The first kappa shape index (κ1) is 18.8. The molecule has 0 aliphatic rings. The average Bonchev–Trinajstić information content (AvgIpc) is 2.64. The lowest BCUT2D eigenvalue weighted by molar-refractivity contribution is 0.0950. The maximum Gasteiger partial charge on any atom is 0.251 e. The number of rotatable bonds is 9. The smallest absolute Gasteiger partial charge is 0.251 e. The van der Waals surface area contributed by atoms with E-state index in [1.807, 2.05) is 13.8 Å². The molecule has 0 spiro atoms. The third-order valence-corrected chi connectivity index (χ3v) is 3.50. The first-order valence-corrected chi connectivity index (χ1v) is 8.56. The summed E-state index contributed by atoms with van der Waals surface area (Å²) in [4.78, 5) is 12.4. The molecule has 1 N–H and O–H groups in total. The lowest BCUT2D eigenvalue weighted by Gasteiger charge is -2.13. The molecule has 2 rings (SSSR count). The van der Waals surface area contributed by atoms with Gasteiger partial charge in [-0.3, -0.25) is 4.79 Å². The number of ether oxygens (including phenoxy) is 2. The Morgan fingerprint density at radius 2 is 1.60 bits per heavy atom. The highest BCUT2D eigenvalue weighted by atomic mass is 19.1.